The molecule has 3 nitrogen and oxygen atoms in total. The van der Waals surface area contributed by atoms with Crippen molar-refractivity contribution in [2.45, 2.75) is 0 Å². The van der Waals surface area contributed by atoms with E-state index in [1.165, 1.54) is 0 Å². The van der Waals surface area contributed by atoms with Crippen molar-refractivity contribution in [3.05, 3.63) is 42.5 Å². The van der Waals surface area contributed by atoms with Gasteiger partial charge < -0.3 is 14.1 Å². The summed E-state index contributed by atoms with van der Waals surface area (Å²) < 4.78 is 11.2. The smallest absolute Gasteiger partial charge is 0.196 e. The molecular weight excluding hydrogens is 214 g/mol. The van der Waals surface area contributed by atoms with Crippen LogP contribution >= 0.6 is 0 Å². The second-order valence-corrected chi connectivity index (χ2v) is 4.10. The van der Waals surface area contributed by atoms with Gasteiger partial charge in [-0.2, -0.15) is 0 Å². The van der Waals surface area contributed by atoms with E-state index < -0.39 is 0 Å². The van der Waals surface area contributed by atoms with E-state index >= 15 is 0 Å². The monoisotopic (exact) mass is 229 g/mol. The molecule has 1 saturated heterocycles. The molecule has 2 heterocycles. The molecule has 0 bridgehead atoms. The minimum atomic E-state index is 0.779. The third kappa shape index (κ3) is 2.19. The molecule has 17 heavy (non-hydrogen) atoms. The summed E-state index contributed by atoms with van der Waals surface area (Å²) in [5, 5.41) is 0. The Bertz CT molecular complexity index is 472. The minimum Gasteiger partial charge on any atom is -0.441 e. The number of furan rings is 1. The molecule has 0 aliphatic carbocycles. The van der Waals surface area contributed by atoms with E-state index in [1.807, 2.05) is 30.3 Å². The van der Waals surface area contributed by atoms with Crippen LogP contribution in [-0.2, 0) is 4.74 Å². The minimum absolute atomic E-state index is 0.779. The van der Waals surface area contributed by atoms with Gasteiger partial charge in [-0.1, -0.05) is 30.3 Å². The Hall–Kier alpha value is -1.74. The van der Waals surface area contributed by atoms with Crippen molar-refractivity contribution in [3.8, 4) is 11.3 Å². The standard InChI is InChI=1S/C14H15NO2/c1-2-4-12(5-3-1)13-6-7-14(17-13)15-8-10-16-11-9-15/h1-7H,8-11H2. The third-order valence-electron chi connectivity index (χ3n) is 2.97. The molecule has 1 aromatic heterocycles. The Morgan fingerprint density at radius 3 is 2.41 bits per heavy atom. The summed E-state index contributed by atoms with van der Waals surface area (Å²) in [7, 11) is 0. The Morgan fingerprint density at radius 1 is 0.882 bits per heavy atom. The molecule has 1 aromatic carbocycles. The number of ether oxygens (including phenoxy) is 1. The number of benzene rings is 1. The summed E-state index contributed by atoms with van der Waals surface area (Å²) in [4.78, 5) is 2.22. The molecule has 3 rings (SSSR count). The second kappa shape index (κ2) is 4.63. The van der Waals surface area contributed by atoms with E-state index in [0.717, 1.165) is 43.5 Å². The van der Waals surface area contributed by atoms with Crippen LogP contribution in [0.4, 0.5) is 5.88 Å². The Labute approximate surface area is 101 Å². The molecule has 0 spiro atoms. The van der Waals surface area contributed by atoms with Crippen LogP contribution in [0.1, 0.15) is 0 Å². The van der Waals surface area contributed by atoms with Gasteiger partial charge in [0.25, 0.3) is 0 Å². The Morgan fingerprint density at radius 2 is 1.65 bits per heavy atom. The predicted molar refractivity (Wildman–Crippen MR) is 67.2 cm³/mol. The fraction of sp³-hybridized carbons (Fsp3) is 0.286. The number of hydrogen-bond acceptors (Lipinski definition) is 3. The number of anilines is 1. The highest BCUT2D eigenvalue weighted by Crippen LogP contribution is 2.27. The van der Waals surface area contributed by atoms with Gasteiger partial charge in [0, 0.05) is 24.7 Å². The van der Waals surface area contributed by atoms with Gasteiger partial charge in [0.1, 0.15) is 5.76 Å². The fourth-order valence-electron chi connectivity index (χ4n) is 2.04. The van der Waals surface area contributed by atoms with Crippen molar-refractivity contribution in [2.75, 3.05) is 31.2 Å². The third-order valence-corrected chi connectivity index (χ3v) is 2.97. The molecule has 2 aromatic rings. The highest BCUT2D eigenvalue weighted by atomic mass is 16.5. The molecule has 1 aliphatic heterocycles. The van der Waals surface area contributed by atoms with Crippen molar-refractivity contribution in [1.29, 1.82) is 0 Å². The quantitative estimate of drug-likeness (QED) is 0.791. The van der Waals surface area contributed by atoms with Crippen LogP contribution in [0.5, 0.6) is 0 Å². The predicted octanol–water partition coefficient (Wildman–Crippen LogP) is 2.78. The van der Waals surface area contributed by atoms with Crippen LogP contribution in [0.15, 0.2) is 46.9 Å². The summed E-state index contributed by atoms with van der Waals surface area (Å²) in [6.45, 7) is 3.37. The topological polar surface area (TPSA) is 25.6 Å². The highest BCUT2D eigenvalue weighted by Gasteiger charge is 2.14. The van der Waals surface area contributed by atoms with E-state index in [-0.39, 0.29) is 0 Å². The van der Waals surface area contributed by atoms with Gasteiger partial charge >= 0.3 is 0 Å². The second-order valence-electron chi connectivity index (χ2n) is 4.10. The molecule has 0 unspecified atom stereocenters. The zero-order valence-corrected chi connectivity index (χ0v) is 9.63. The van der Waals surface area contributed by atoms with Gasteiger partial charge in [-0.05, 0) is 6.07 Å². The van der Waals surface area contributed by atoms with Gasteiger partial charge in [-0.25, -0.2) is 0 Å². The molecule has 1 aliphatic rings. The molecule has 1 fully saturated rings. The van der Waals surface area contributed by atoms with Gasteiger partial charge in [0.2, 0.25) is 0 Å². The number of hydrogen-bond donors (Lipinski definition) is 0. The lowest BCUT2D eigenvalue weighted by molar-refractivity contribution is 0.121. The first kappa shape index (κ1) is 10.4. The number of morpholine rings is 1. The first-order valence-electron chi connectivity index (χ1n) is 5.91. The molecule has 0 radical (unpaired) electrons. The normalized spacial score (nSPS) is 16.1. The van der Waals surface area contributed by atoms with Gasteiger partial charge in [0.05, 0.1) is 13.2 Å². The van der Waals surface area contributed by atoms with Crippen LogP contribution in [0.3, 0.4) is 0 Å². The molecule has 88 valence electrons. The highest BCUT2D eigenvalue weighted by molar-refractivity contribution is 5.59. The first-order chi connectivity index (χ1) is 8.43. The van der Waals surface area contributed by atoms with Crippen molar-refractivity contribution in [2.24, 2.45) is 0 Å². The lowest BCUT2D eigenvalue weighted by Crippen LogP contribution is -2.35. The maximum Gasteiger partial charge on any atom is 0.196 e. The molecule has 3 heteroatoms. The van der Waals surface area contributed by atoms with E-state index in [9.17, 15) is 0 Å². The average molecular weight is 229 g/mol. The summed E-state index contributed by atoms with van der Waals surface area (Å²) in [5.41, 5.74) is 1.12. The Balaban J connectivity index is 1.83. The van der Waals surface area contributed by atoms with E-state index in [2.05, 4.69) is 17.0 Å². The zero-order chi connectivity index (χ0) is 11.5. The molecule has 0 amide bonds. The van der Waals surface area contributed by atoms with Gasteiger partial charge in [-0.15, -0.1) is 0 Å². The summed E-state index contributed by atoms with van der Waals surface area (Å²) in [6.07, 6.45) is 0. The maximum absolute atomic E-state index is 5.88. The maximum atomic E-state index is 5.88. The average Bonchev–Trinajstić information content (AvgIpc) is 2.90. The summed E-state index contributed by atoms with van der Waals surface area (Å²) in [5.74, 6) is 1.86. The summed E-state index contributed by atoms with van der Waals surface area (Å²) in [6, 6.07) is 14.2. The van der Waals surface area contributed by atoms with E-state index in [1.54, 1.807) is 0 Å². The molecule has 0 N–H and O–H groups in total. The number of rotatable bonds is 2. The number of nitrogens with zero attached hydrogens (tertiary/aromatic N) is 1. The largest absolute Gasteiger partial charge is 0.441 e. The van der Waals surface area contributed by atoms with Crippen LogP contribution < -0.4 is 4.90 Å². The van der Waals surface area contributed by atoms with Crippen molar-refractivity contribution in [1.82, 2.24) is 0 Å². The van der Waals surface area contributed by atoms with Crippen LogP contribution in [-0.4, -0.2) is 26.3 Å². The first-order valence-corrected chi connectivity index (χ1v) is 5.91. The van der Waals surface area contributed by atoms with E-state index in [0.29, 0.717) is 0 Å². The van der Waals surface area contributed by atoms with Crippen LogP contribution in [0, 0.1) is 0 Å². The van der Waals surface area contributed by atoms with Gasteiger partial charge in [-0.3, -0.25) is 0 Å². The Kier molecular flexibility index (Phi) is 2.84. The van der Waals surface area contributed by atoms with Crippen LogP contribution in [0.2, 0.25) is 0 Å². The lowest BCUT2D eigenvalue weighted by Gasteiger charge is -2.26. The van der Waals surface area contributed by atoms with Crippen molar-refractivity contribution >= 4 is 5.88 Å². The fourth-order valence-corrected chi connectivity index (χ4v) is 2.04. The van der Waals surface area contributed by atoms with Gasteiger partial charge in [0.15, 0.2) is 5.88 Å². The lowest BCUT2D eigenvalue weighted by atomic mass is 10.2. The van der Waals surface area contributed by atoms with Crippen LogP contribution in [0.25, 0.3) is 11.3 Å². The zero-order valence-electron chi connectivity index (χ0n) is 9.63. The van der Waals surface area contributed by atoms with Crippen molar-refractivity contribution in [3.63, 3.8) is 0 Å². The molecule has 0 atom stereocenters. The van der Waals surface area contributed by atoms with Crippen molar-refractivity contribution < 1.29 is 9.15 Å². The summed E-state index contributed by atoms with van der Waals surface area (Å²) >= 11 is 0. The SMILES string of the molecule is c1ccc(-c2ccc(N3CCOCC3)o2)cc1. The molecular formula is C14H15NO2. The van der Waals surface area contributed by atoms with E-state index in [4.69, 9.17) is 9.15 Å². The molecule has 0 saturated carbocycles.